The summed E-state index contributed by atoms with van der Waals surface area (Å²) in [5.74, 6) is 0.856. The summed E-state index contributed by atoms with van der Waals surface area (Å²) < 4.78 is 0. The summed E-state index contributed by atoms with van der Waals surface area (Å²) in [5, 5.41) is 4.09. The van der Waals surface area contributed by atoms with Crippen LogP contribution in [0.2, 0.25) is 5.02 Å². The molecule has 1 atom stereocenters. The zero-order valence-electron chi connectivity index (χ0n) is 9.86. The van der Waals surface area contributed by atoms with Crippen molar-refractivity contribution in [1.82, 2.24) is 4.98 Å². The highest BCUT2D eigenvalue weighted by Crippen LogP contribution is 2.34. The van der Waals surface area contributed by atoms with Gasteiger partial charge in [-0.05, 0) is 48.2 Å². The minimum absolute atomic E-state index is 0.314. The first-order valence-electron chi connectivity index (χ1n) is 5.99. The molecule has 1 aromatic carbocycles. The van der Waals surface area contributed by atoms with E-state index in [-0.39, 0.29) is 0 Å². The van der Waals surface area contributed by atoms with Crippen LogP contribution in [0.3, 0.4) is 0 Å². The van der Waals surface area contributed by atoms with Crippen molar-refractivity contribution in [2.75, 3.05) is 11.1 Å². The number of pyridine rings is 1. The van der Waals surface area contributed by atoms with Crippen molar-refractivity contribution >= 4 is 23.1 Å². The first kappa shape index (κ1) is 11.4. The third-order valence-electron chi connectivity index (χ3n) is 3.29. The van der Waals surface area contributed by atoms with E-state index in [4.69, 9.17) is 17.3 Å². The van der Waals surface area contributed by atoms with Crippen LogP contribution >= 0.6 is 11.6 Å². The first-order valence-corrected chi connectivity index (χ1v) is 6.36. The van der Waals surface area contributed by atoms with Gasteiger partial charge < -0.3 is 11.1 Å². The van der Waals surface area contributed by atoms with Crippen molar-refractivity contribution in [2.24, 2.45) is 0 Å². The summed E-state index contributed by atoms with van der Waals surface area (Å²) in [6.07, 6.45) is 3.79. The van der Waals surface area contributed by atoms with Crippen LogP contribution in [-0.4, -0.2) is 4.98 Å². The van der Waals surface area contributed by atoms with Crippen molar-refractivity contribution in [3.8, 4) is 0 Å². The lowest BCUT2D eigenvalue weighted by Gasteiger charge is -2.14. The van der Waals surface area contributed by atoms with Crippen LogP contribution < -0.4 is 11.1 Å². The van der Waals surface area contributed by atoms with Gasteiger partial charge in [-0.2, -0.15) is 0 Å². The third kappa shape index (κ3) is 2.14. The smallest absolute Gasteiger partial charge is 0.126 e. The normalized spacial score (nSPS) is 17.5. The fourth-order valence-corrected chi connectivity index (χ4v) is 2.54. The van der Waals surface area contributed by atoms with Gasteiger partial charge >= 0.3 is 0 Å². The number of hydrogen-bond donors (Lipinski definition) is 2. The molecule has 1 aliphatic carbocycles. The van der Waals surface area contributed by atoms with Crippen molar-refractivity contribution in [3.05, 3.63) is 52.7 Å². The summed E-state index contributed by atoms with van der Waals surface area (Å²) >= 11 is 5.82. The van der Waals surface area contributed by atoms with Crippen LogP contribution in [0.15, 0.2) is 36.5 Å². The summed E-state index contributed by atoms with van der Waals surface area (Å²) in [7, 11) is 0. The number of benzene rings is 1. The Balaban J connectivity index is 1.82. The van der Waals surface area contributed by atoms with Gasteiger partial charge in [0.25, 0.3) is 0 Å². The van der Waals surface area contributed by atoms with Crippen molar-refractivity contribution in [2.45, 2.75) is 18.9 Å². The number of nitrogens with two attached hydrogens (primary N) is 1. The van der Waals surface area contributed by atoms with E-state index >= 15 is 0 Å². The lowest BCUT2D eigenvalue weighted by molar-refractivity contribution is 0.757. The molecule has 1 unspecified atom stereocenters. The molecule has 0 saturated carbocycles. The quantitative estimate of drug-likeness (QED) is 0.813. The van der Waals surface area contributed by atoms with E-state index < -0.39 is 0 Å². The Hall–Kier alpha value is -1.74. The van der Waals surface area contributed by atoms with Gasteiger partial charge in [0.05, 0.1) is 11.1 Å². The Morgan fingerprint density at radius 2 is 2.17 bits per heavy atom. The standard InChI is InChI=1S/C14H14ClN3/c15-10-2-6-14(17-8-10)18-13-5-1-9-7-11(16)3-4-12(9)13/h2-4,6-8,13H,1,5,16H2,(H,17,18). The Labute approximate surface area is 111 Å². The molecule has 92 valence electrons. The molecule has 3 rings (SSSR count). The van der Waals surface area contributed by atoms with Crippen LogP contribution in [0, 0.1) is 0 Å². The minimum Gasteiger partial charge on any atom is -0.399 e. The van der Waals surface area contributed by atoms with Gasteiger partial charge in [0.1, 0.15) is 5.82 Å². The second-order valence-electron chi connectivity index (χ2n) is 4.56. The molecule has 4 heteroatoms. The van der Waals surface area contributed by atoms with E-state index in [0.717, 1.165) is 24.3 Å². The van der Waals surface area contributed by atoms with Crippen LogP contribution in [0.4, 0.5) is 11.5 Å². The monoisotopic (exact) mass is 259 g/mol. The minimum atomic E-state index is 0.314. The van der Waals surface area contributed by atoms with E-state index in [2.05, 4.69) is 22.4 Å². The summed E-state index contributed by atoms with van der Waals surface area (Å²) in [6, 6.07) is 10.2. The Kier molecular flexibility index (Phi) is 2.84. The van der Waals surface area contributed by atoms with Gasteiger partial charge in [-0.3, -0.25) is 0 Å². The van der Waals surface area contributed by atoms with Crippen molar-refractivity contribution in [1.29, 1.82) is 0 Å². The fraction of sp³-hybridized carbons (Fsp3) is 0.214. The fourth-order valence-electron chi connectivity index (χ4n) is 2.43. The number of nitrogens with zero attached hydrogens (tertiary/aromatic N) is 1. The van der Waals surface area contributed by atoms with Gasteiger partial charge in [0.15, 0.2) is 0 Å². The van der Waals surface area contributed by atoms with E-state index in [1.54, 1.807) is 6.20 Å². The molecule has 3 nitrogen and oxygen atoms in total. The molecule has 2 aromatic rings. The Bertz CT molecular complexity index is 566. The molecule has 0 fully saturated rings. The summed E-state index contributed by atoms with van der Waals surface area (Å²) in [5.41, 5.74) is 9.29. The third-order valence-corrected chi connectivity index (χ3v) is 3.52. The lowest BCUT2D eigenvalue weighted by Crippen LogP contribution is -2.08. The molecule has 1 aromatic heterocycles. The maximum Gasteiger partial charge on any atom is 0.126 e. The van der Waals surface area contributed by atoms with E-state index in [0.29, 0.717) is 11.1 Å². The molecule has 0 bridgehead atoms. The van der Waals surface area contributed by atoms with E-state index in [9.17, 15) is 0 Å². The molecule has 1 aliphatic rings. The van der Waals surface area contributed by atoms with Crippen molar-refractivity contribution < 1.29 is 0 Å². The van der Waals surface area contributed by atoms with Crippen LogP contribution in [0.5, 0.6) is 0 Å². The second kappa shape index (κ2) is 4.50. The second-order valence-corrected chi connectivity index (χ2v) is 4.99. The van der Waals surface area contributed by atoms with Crippen LogP contribution in [0.25, 0.3) is 0 Å². The van der Waals surface area contributed by atoms with Gasteiger partial charge in [-0.15, -0.1) is 0 Å². The van der Waals surface area contributed by atoms with Crippen LogP contribution in [-0.2, 0) is 6.42 Å². The van der Waals surface area contributed by atoms with Gasteiger partial charge in [-0.1, -0.05) is 17.7 Å². The largest absolute Gasteiger partial charge is 0.399 e. The summed E-state index contributed by atoms with van der Waals surface area (Å²) in [6.45, 7) is 0. The van der Waals surface area contributed by atoms with Gasteiger partial charge in [0, 0.05) is 11.9 Å². The van der Waals surface area contributed by atoms with Gasteiger partial charge in [-0.25, -0.2) is 4.98 Å². The maximum atomic E-state index is 5.82. The average molecular weight is 260 g/mol. The number of anilines is 2. The molecule has 18 heavy (non-hydrogen) atoms. The Morgan fingerprint density at radius 3 is 2.94 bits per heavy atom. The first-order chi connectivity index (χ1) is 8.72. The molecular weight excluding hydrogens is 246 g/mol. The molecule has 0 aliphatic heterocycles. The molecule has 0 saturated heterocycles. The zero-order valence-corrected chi connectivity index (χ0v) is 10.6. The SMILES string of the molecule is Nc1ccc2c(c1)CCC2Nc1ccc(Cl)cn1. The molecular formula is C14H14ClN3. The highest BCUT2D eigenvalue weighted by Gasteiger charge is 2.22. The lowest BCUT2D eigenvalue weighted by atomic mass is 10.1. The highest BCUT2D eigenvalue weighted by atomic mass is 35.5. The average Bonchev–Trinajstić information content (AvgIpc) is 2.74. The van der Waals surface area contributed by atoms with E-state index in [1.165, 1.54) is 11.1 Å². The zero-order chi connectivity index (χ0) is 12.5. The highest BCUT2D eigenvalue weighted by molar-refractivity contribution is 6.30. The predicted molar refractivity (Wildman–Crippen MR) is 74.8 cm³/mol. The molecule has 0 radical (unpaired) electrons. The van der Waals surface area contributed by atoms with E-state index in [1.807, 2.05) is 18.2 Å². The number of fused-ring (bicyclic) bond motifs is 1. The number of nitrogen functional groups attached to an aromatic ring is 1. The number of nitrogens with one attached hydrogen (secondary N) is 1. The van der Waals surface area contributed by atoms with Crippen LogP contribution in [0.1, 0.15) is 23.6 Å². The summed E-state index contributed by atoms with van der Waals surface area (Å²) in [4.78, 5) is 4.26. The molecule has 0 amide bonds. The van der Waals surface area contributed by atoms with Gasteiger partial charge in [0.2, 0.25) is 0 Å². The molecule has 1 heterocycles. The number of hydrogen-bond acceptors (Lipinski definition) is 3. The Morgan fingerprint density at radius 1 is 1.28 bits per heavy atom. The molecule has 0 spiro atoms. The van der Waals surface area contributed by atoms with Crippen molar-refractivity contribution in [3.63, 3.8) is 0 Å². The number of halogens is 1. The number of rotatable bonds is 2. The topological polar surface area (TPSA) is 50.9 Å². The molecule has 3 N–H and O–H groups in total. The number of aryl methyl sites for hydroxylation is 1. The number of aromatic nitrogens is 1. The maximum absolute atomic E-state index is 5.82. The predicted octanol–water partition coefficient (Wildman–Crippen LogP) is 3.42.